The van der Waals surface area contributed by atoms with Crippen molar-refractivity contribution in [2.24, 2.45) is 10.7 Å². The molecule has 3 aromatic rings. The lowest BCUT2D eigenvalue weighted by atomic mass is 9.72. The first-order valence-corrected chi connectivity index (χ1v) is 11.0. The van der Waals surface area contributed by atoms with Crippen LogP contribution in [0.15, 0.2) is 99.0 Å². The molecule has 0 bridgehead atoms. The molecule has 7 heteroatoms. The molecule has 2 aromatic carbocycles. The Bertz CT molecular complexity index is 1480. The molecular weight excluding hydrogens is 431 g/mol. The summed E-state index contributed by atoms with van der Waals surface area (Å²) in [7, 11) is 0. The van der Waals surface area contributed by atoms with E-state index in [1.54, 1.807) is 24.5 Å². The van der Waals surface area contributed by atoms with Gasteiger partial charge in [0.2, 0.25) is 0 Å². The average molecular weight is 450 g/mol. The van der Waals surface area contributed by atoms with E-state index in [1.165, 1.54) is 12.1 Å². The van der Waals surface area contributed by atoms with Crippen molar-refractivity contribution in [2.75, 3.05) is 4.90 Å². The molecule has 3 heterocycles. The van der Waals surface area contributed by atoms with Crippen LogP contribution in [0.2, 0.25) is 0 Å². The van der Waals surface area contributed by atoms with Crippen LogP contribution in [-0.2, 0) is 4.79 Å². The van der Waals surface area contributed by atoms with E-state index in [4.69, 9.17) is 10.2 Å². The number of ketones is 1. The van der Waals surface area contributed by atoms with E-state index in [0.29, 0.717) is 29.2 Å². The quantitative estimate of drug-likeness (QED) is 0.601. The van der Waals surface area contributed by atoms with Crippen molar-refractivity contribution in [3.8, 4) is 6.07 Å². The Morgan fingerprint density at radius 3 is 2.74 bits per heavy atom. The molecule has 0 fully saturated rings. The van der Waals surface area contributed by atoms with Crippen LogP contribution in [0.1, 0.15) is 41.6 Å². The minimum absolute atomic E-state index is 0.0938. The molecule has 2 unspecified atom stereocenters. The fourth-order valence-corrected chi connectivity index (χ4v) is 5.26. The number of carbonyl (C=O) groups is 1. The van der Waals surface area contributed by atoms with Gasteiger partial charge < -0.3 is 10.2 Å². The predicted molar refractivity (Wildman–Crippen MR) is 124 cm³/mol. The average Bonchev–Trinajstić information content (AvgIpc) is 3.38. The van der Waals surface area contributed by atoms with Gasteiger partial charge in [-0.2, -0.15) is 5.26 Å². The van der Waals surface area contributed by atoms with Gasteiger partial charge in [0.15, 0.2) is 11.6 Å². The minimum Gasteiger partial charge on any atom is -0.469 e. The van der Waals surface area contributed by atoms with Crippen LogP contribution in [0.5, 0.6) is 0 Å². The van der Waals surface area contributed by atoms with Crippen molar-refractivity contribution in [2.45, 2.75) is 24.7 Å². The normalized spacial score (nSPS) is 21.5. The molecule has 6 rings (SSSR count). The summed E-state index contributed by atoms with van der Waals surface area (Å²) in [6.07, 6.45) is 2.35. The monoisotopic (exact) mass is 450 g/mol. The number of carbonyl (C=O) groups excluding carboxylic acids is 1. The first-order chi connectivity index (χ1) is 16.6. The van der Waals surface area contributed by atoms with Gasteiger partial charge in [-0.15, -0.1) is 0 Å². The zero-order chi connectivity index (χ0) is 23.4. The van der Waals surface area contributed by atoms with Crippen LogP contribution in [0, 0.1) is 17.1 Å². The number of nitrogens with two attached hydrogens (primary N) is 1. The number of allylic oxidation sites excluding steroid dienone is 3. The zero-order valence-corrected chi connectivity index (χ0v) is 18.0. The van der Waals surface area contributed by atoms with Gasteiger partial charge in [-0.1, -0.05) is 24.3 Å². The number of aliphatic imine (C=N–C) groups is 1. The molecule has 34 heavy (non-hydrogen) atoms. The maximum atomic E-state index is 14.2. The molecule has 0 amide bonds. The third kappa shape index (κ3) is 2.92. The highest BCUT2D eigenvalue weighted by Gasteiger charge is 2.45. The number of nitrogens with zero attached hydrogens (tertiary/aromatic N) is 3. The Morgan fingerprint density at radius 1 is 1.12 bits per heavy atom. The molecule has 1 aliphatic carbocycles. The summed E-state index contributed by atoms with van der Waals surface area (Å²) in [5, 5.41) is 10.3. The lowest BCUT2D eigenvalue weighted by Gasteiger charge is -2.43. The minimum atomic E-state index is -0.728. The van der Waals surface area contributed by atoms with Crippen molar-refractivity contribution < 1.29 is 13.6 Å². The van der Waals surface area contributed by atoms with Crippen molar-refractivity contribution in [1.29, 1.82) is 5.26 Å². The summed E-state index contributed by atoms with van der Waals surface area (Å²) in [6, 6.07) is 19.5. The standard InChI is InChI=1S/C27H19FN4O2/c28-17-6-3-5-15(11-17)24-19(14-29)27-31-26(30)18-7-1-2-8-20(18)32(27)21-12-16(13-22(33)25(21)24)23-9-4-10-34-23/h1-11,16,24H,12-13H2,(H2,30,31). The van der Waals surface area contributed by atoms with Gasteiger partial charge in [0.05, 0.1) is 29.5 Å². The molecule has 0 spiro atoms. The number of rotatable bonds is 2. The number of para-hydroxylation sites is 1. The maximum Gasteiger partial charge on any atom is 0.162 e. The number of furan rings is 1. The second-order valence-electron chi connectivity index (χ2n) is 8.59. The molecule has 2 atom stereocenters. The Kier molecular flexibility index (Phi) is 4.49. The third-order valence-corrected chi connectivity index (χ3v) is 6.68. The van der Waals surface area contributed by atoms with Gasteiger partial charge in [-0.3, -0.25) is 9.69 Å². The number of amidine groups is 1. The van der Waals surface area contributed by atoms with E-state index in [9.17, 15) is 14.4 Å². The van der Waals surface area contributed by atoms with Crippen molar-refractivity contribution in [3.05, 3.63) is 112 Å². The summed E-state index contributed by atoms with van der Waals surface area (Å²) in [5.74, 6) is -0.0153. The molecule has 0 saturated carbocycles. The Morgan fingerprint density at radius 2 is 1.97 bits per heavy atom. The third-order valence-electron chi connectivity index (χ3n) is 6.68. The number of fused-ring (bicyclic) bond motifs is 4. The molecule has 6 nitrogen and oxygen atoms in total. The number of hydrogen-bond donors (Lipinski definition) is 1. The van der Waals surface area contributed by atoms with Crippen LogP contribution in [-0.4, -0.2) is 11.6 Å². The van der Waals surface area contributed by atoms with E-state index in [1.807, 2.05) is 35.2 Å². The number of anilines is 1. The molecule has 166 valence electrons. The van der Waals surface area contributed by atoms with Crippen LogP contribution < -0.4 is 10.6 Å². The zero-order valence-electron chi connectivity index (χ0n) is 18.0. The molecule has 2 aliphatic heterocycles. The second-order valence-corrected chi connectivity index (χ2v) is 8.59. The second kappa shape index (κ2) is 7.56. The molecule has 1 aromatic heterocycles. The molecule has 0 saturated heterocycles. The van der Waals surface area contributed by atoms with E-state index >= 15 is 0 Å². The highest BCUT2D eigenvalue weighted by atomic mass is 19.1. The number of Topliss-reactive ketones (excluding diaryl/α,β-unsaturated/α-hetero) is 1. The summed E-state index contributed by atoms with van der Waals surface area (Å²) in [4.78, 5) is 20.2. The van der Waals surface area contributed by atoms with Crippen LogP contribution in [0.3, 0.4) is 0 Å². The smallest absolute Gasteiger partial charge is 0.162 e. The first-order valence-electron chi connectivity index (χ1n) is 11.0. The number of nitriles is 1. The fraction of sp³-hybridized carbons (Fsp3) is 0.148. The van der Waals surface area contributed by atoms with E-state index in [0.717, 1.165) is 22.7 Å². The lowest BCUT2D eigenvalue weighted by molar-refractivity contribution is -0.116. The summed E-state index contributed by atoms with van der Waals surface area (Å²) < 4.78 is 19.9. The highest BCUT2D eigenvalue weighted by molar-refractivity contribution is 6.08. The van der Waals surface area contributed by atoms with Crippen molar-refractivity contribution >= 4 is 17.3 Å². The topological polar surface area (TPSA) is 95.6 Å². The molecular formula is C27H19FN4O2. The maximum absolute atomic E-state index is 14.2. The van der Waals surface area contributed by atoms with Gasteiger partial charge in [0.25, 0.3) is 0 Å². The number of benzene rings is 2. The Balaban J connectivity index is 1.64. The Hall–Kier alpha value is -4.44. The van der Waals surface area contributed by atoms with E-state index in [2.05, 4.69) is 11.1 Å². The number of hydrogen-bond acceptors (Lipinski definition) is 6. The summed E-state index contributed by atoms with van der Waals surface area (Å²) in [5.41, 5.74) is 9.83. The summed E-state index contributed by atoms with van der Waals surface area (Å²) >= 11 is 0. The van der Waals surface area contributed by atoms with Gasteiger partial charge in [0, 0.05) is 29.2 Å². The molecule has 3 aliphatic rings. The molecule has 2 N–H and O–H groups in total. The van der Waals surface area contributed by atoms with Crippen LogP contribution >= 0.6 is 0 Å². The van der Waals surface area contributed by atoms with E-state index < -0.39 is 11.7 Å². The first kappa shape index (κ1) is 20.2. The largest absolute Gasteiger partial charge is 0.469 e. The fourth-order valence-electron chi connectivity index (χ4n) is 5.26. The van der Waals surface area contributed by atoms with Crippen LogP contribution in [0.25, 0.3) is 0 Å². The van der Waals surface area contributed by atoms with Gasteiger partial charge >= 0.3 is 0 Å². The van der Waals surface area contributed by atoms with Crippen LogP contribution in [0.4, 0.5) is 10.1 Å². The predicted octanol–water partition coefficient (Wildman–Crippen LogP) is 4.88. The lowest BCUT2D eigenvalue weighted by Crippen LogP contribution is -2.40. The molecule has 0 radical (unpaired) electrons. The summed E-state index contributed by atoms with van der Waals surface area (Å²) in [6.45, 7) is 0. The SMILES string of the molecule is N#CC1=C2N=C(N)c3ccccc3N2C2=C(C(=O)CC(c3ccco3)C2)C1c1cccc(F)c1. The highest BCUT2D eigenvalue weighted by Crippen LogP contribution is 2.51. The van der Waals surface area contributed by atoms with Gasteiger partial charge in [-0.05, 0) is 48.4 Å². The van der Waals surface area contributed by atoms with Crippen molar-refractivity contribution in [1.82, 2.24) is 0 Å². The van der Waals surface area contributed by atoms with E-state index in [-0.39, 0.29) is 23.7 Å². The van der Waals surface area contributed by atoms with Crippen molar-refractivity contribution in [3.63, 3.8) is 0 Å². The van der Waals surface area contributed by atoms with Gasteiger partial charge in [0.1, 0.15) is 17.4 Å². The number of halogens is 1. The Labute approximate surface area is 195 Å². The van der Waals surface area contributed by atoms with Gasteiger partial charge in [-0.25, -0.2) is 9.38 Å².